The molecule has 2 aromatic rings. The van der Waals surface area contributed by atoms with Crippen LogP contribution in [-0.2, 0) is 11.3 Å². The molecule has 1 aromatic heterocycles. The molecule has 1 aliphatic heterocycles. The molecule has 4 nitrogen and oxygen atoms in total. The van der Waals surface area contributed by atoms with Crippen molar-refractivity contribution >= 4 is 17.3 Å². The summed E-state index contributed by atoms with van der Waals surface area (Å²) in [5.41, 5.74) is 2.80. The maximum absolute atomic E-state index is 12.0. The Morgan fingerprint density at radius 3 is 2.83 bits per heavy atom. The van der Waals surface area contributed by atoms with E-state index >= 15 is 0 Å². The van der Waals surface area contributed by atoms with Crippen LogP contribution in [0.25, 0.3) is 0 Å². The number of hydrogen-bond donors (Lipinski definition) is 1. The second-order valence-corrected chi connectivity index (χ2v) is 4.17. The summed E-state index contributed by atoms with van der Waals surface area (Å²) >= 11 is 0. The van der Waals surface area contributed by atoms with Gasteiger partial charge in [0.05, 0.1) is 30.2 Å². The number of aromatic nitrogens is 1. The summed E-state index contributed by atoms with van der Waals surface area (Å²) in [7, 11) is 0. The minimum atomic E-state index is 0.0688. The number of nitrogens with zero attached hydrogens (tertiary/aromatic N) is 2. The monoisotopic (exact) mass is 239 g/mol. The molecule has 3 rings (SSSR count). The van der Waals surface area contributed by atoms with Gasteiger partial charge in [-0.1, -0.05) is 18.2 Å². The Morgan fingerprint density at radius 1 is 1.17 bits per heavy atom. The van der Waals surface area contributed by atoms with Crippen molar-refractivity contribution in [2.24, 2.45) is 0 Å². The van der Waals surface area contributed by atoms with Gasteiger partial charge in [-0.25, -0.2) is 0 Å². The average Bonchev–Trinajstić information content (AvgIpc) is 2.43. The van der Waals surface area contributed by atoms with Gasteiger partial charge in [0.25, 0.3) is 0 Å². The van der Waals surface area contributed by atoms with Crippen LogP contribution in [0.1, 0.15) is 5.69 Å². The van der Waals surface area contributed by atoms with E-state index in [-0.39, 0.29) is 5.91 Å². The number of pyridine rings is 1. The van der Waals surface area contributed by atoms with E-state index in [0.717, 1.165) is 17.1 Å². The van der Waals surface area contributed by atoms with E-state index < -0.39 is 0 Å². The topological polar surface area (TPSA) is 45.2 Å². The van der Waals surface area contributed by atoms with Crippen LogP contribution in [0.2, 0.25) is 0 Å². The van der Waals surface area contributed by atoms with Gasteiger partial charge in [-0.15, -0.1) is 0 Å². The Hall–Kier alpha value is -2.36. The van der Waals surface area contributed by atoms with E-state index in [2.05, 4.69) is 10.3 Å². The van der Waals surface area contributed by atoms with Crippen LogP contribution in [0.5, 0.6) is 0 Å². The third kappa shape index (κ3) is 1.93. The van der Waals surface area contributed by atoms with Crippen molar-refractivity contribution in [1.29, 1.82) is 0 Å². The highest BCUT2D eigenvalue weighted by molar-refractivity contribution is 6.02. The van der Waals surface area contributed by atoms with E-state index in [0.29, 0.717) is 13.1 Å². The first kappa shape index (κ1) is 10.8. The fraction of sp³-hybridized carbons (Fsp3) is 0.143. The highest BCUT2D eigenvalue weighted by atomic mass is 16.2. The van der Waals surface area contributed by atoms with Crippen molar-refractivity contribution in [2.75, 3.05) is 16.8 Å². The molecule has 18 heavy (non-hydrogen) atoms. The Balaban J connectivity index is 1.94. The lowest BCUT2D eigenvalue weighted by atomic mass is 10.2. The molecule has 1 aliphatic rings. The Bertz CT molecular complexity index is 568. The molecule has 4 heteroatoms. The molecule has 0 bridgehead atoms. The van der Waals surface area contributed by atoms with Crippen LogP contribution >= 0.6 is 0 Å². The zero-order chi connectivity index (χ0) is 12.4. The van der Waals surface area contributed by atoms with Crippen molar-refractivity contribution in [3.8, 4) is 0 Å². The zero-order valence-corrected chi connectivity index (χ0v) is 9.84. The highest BCUT2D eigenvalue weighted by Gasteiger charge is 2.23. The van der Waals surface area contributed by atoms with Gasteiger partial charge < -0.3 is 10.2 Å². The summed E-state index contributed by atoms with van der Waals surface area (Å²) in [6, 6.07) is 13.6. The van der Waals surface area contributed by atoms with Crippen LogP contribution in [0.3, 0.4) is 0 Å². The Kier molecular flexibility index (Phi) is 2.68. The zero-order valence-electron chi connectivity index (χ0n) is 9.84. The standard InChI is InChI=1S/C14H13N3O/c18-14-9-16-12-6-1-2-7-13(12)17(14)10-11-5-3-4-8-15-11/h1-8,16H,9-10H2. The normalized spacial score (nSPS) is 14.0. The Labute approximate surface area is 105 Å². The number of rotatable bonds is 2. The Morgan fingerprint density at radius 2 is 2.00 bits per heavy atom. The van der Waals surface area contributed by atoms with Crippen LogP contribution in [-0.4, -0.2) is 17.4 Å². The number of benzene rings is 1. The van der Waals surface area contributed by atoms with Crippen molar-refractivity contribution in [2.45, 2.75) is 6.54 Å². The molecule has 1 amide bonds. The SMILES string of the molecule is O=C1CNc2ccccc2N1Cc1ccccn1. The molecule has 1 N–H and O–H groups in total. The van der Waals surface area contributed by atoms with Crippen molar-refractivity contribution in [3.63, 3.8) is 0 Å². The third-order valence-corrected chi connectivity index (χ3v) is 2.97. The summed E-state index contributed by atoms with van der Waals surface area (Å²) < 4.78 is 0. The molecular formula is C14H13N3O. The van der Waals surface area contributed by atoms with Crippen LogP contribution in [0.4, 0.5) is 11.4 Å². The molecular weight excluding hydrogens is 226 g/mol. The number of nitrogens with one attached hydrogen (secondary N) is 1. The van der Waals surface area contributed by atoms with E-state index in [9.17, 15) is 4.79 Å². The molecule has 0 spiro atoms. The van der Waals surface area contributed by atoms with Gasteiger partial charge in [0.2, 0.25) is 5.91 Å². The van der Waals surface area contributed by atoms with Crippen LogP contribution in [0, 0.1) is 0 Å². The number of carbonyl (C=O) groups excluding carboxylic acids is 1. The molecule has 0 fully saturated rings. The number of para-hydroxylation sites is 2. The maximum atomic E-state index is 12.0. The minimum Gasteiger partial charge on any atom is -0.374 e. The van der Waals surface area contributed by atoms with Gasteiger partial charge in [-0.3, -0.25) is 9.78 Å². The molecule has 2 heterocycles. The van der Waals surface area contributed by atoms with Gasteiger partial charge in [0.1, 0.15) is 0 Å². The number of hydrogen-bond acceptors (Lipinski definition) is 3. The lowest BCUT2D eigenvalue weighted by Crippen LogP contribution is -2.39. The van der Waals surface area contributed by atoms with E-state index in [1.54, 1.807) is 11.1 Å². The predicted molar refractivity (Wildman–Crippen MR) is 70.4 cm³/mol. The first-order valence-corrected chi connectivity index (χ1v) is 5.88. The number of fused-ring (bicyclic) bond motifs is 1. The smallest absolute Gasteiger partial charge is 0.246 e. The summed E-state index contributed by atoms with van der Waals surface area (Å²) in [5.74, 6) is 0.0688. The molecule has 0 saturated heterocycles. The maximum Gasteiger partial charge on any atom is 0.246 e. The fourth-order valence-electron chi connectivity index (χ4n) is 2.09. The average molecular weight is 239 g/mol. The lowest BCUT2D eigenvalue weighted by Gasteiger charge is -2.29. The predicted octanol–water partition coefficient (Wildman–Crippen LogP) is 2.04. The minimum absolute atomic E-state index is 0.0688. The molecule has 1 aromatic carbocycles. The summed E-state index contributed by atoms with van der Waals surface area (Å²) in [6.45, 7) is 0.849. The number of amides is 1. The third-order valence-electron chi connectivity index (χ3n) is 2.97. The molecule has 0 aliphatic carbocycles. The quantitative estimate of drug-likeness (QED) is 0.872. The van der Waals surface area contributed by atoms with Gasteiger partial charge in [-0.2, -0.15) is 0 Å². The van der Waals surface area contributed by atoms with E-state index in [1.807, 2.05) is 42.5 Å². The van der Waals surface area contributed by atoms with E-state index in [4.69, 9.17) is 0 Å². The van der Waals surface area contributed by atoms with Crippen LogP contribution < -0.4 is 10.2 Å². The fourth-order valence-corrected chi connectivity index (χ4v) is 2.09. The summed E-state index contributed by atoms with van der Waals surface area (Å²) in [5, 5.41) is 3.12. The first-order valence-electron chi connectivity index (χ1n) is 5.88. The second-order valence-electron chi connectivity index (χ2n) is 4.17. The number of carbonyl (C=O) groups is 1. The molecule has 0 radical (unpaired) electrons. The summed E-state index contributed by atoms with van der Waals surface area (Å²) in [6.07, 6.45) is 1.74. The van der Waals surface area contributed by atoms with Crippen LogP contribution in [0.15, 0.2) is 48.7 Å². The lowest BCUT2D eigenvalue weighted by molar-refractivity contribution is -0.117. The van der Waals surface area contributed by atoms with Gasteiger partial charge in [0.15, 0.2) is 0 Å². The largest absolute Gasteiger partial charge is 0.374 e. The van der Waals surface area contributed by atoms with E-state index in [1.165, 1.54) is 0 Å². The summed E-state index contributed by atoms with van der Waals surface area (Å²) in [4.78, 5) is 18.0. The van der Waals surface area contributed by atoms with Crippen molar-refractivity contribution < 1.29 is 4.79 Å². The molecule has 0 saturated carbocycles. The van der Waals surface area contributed by atoms with Crippen molar-refractivity contribution in [3.05, 3.63) is 54.4 Å². The molecule has 90 valence electrons. The van der Waals surface area contributed by atoms with Crippen molar-refractivity contribution in [1.82, 2.24) is 4.98 Å². The van der Waals surface area contributed by atoms with Gasteiger partial charge >= 0.3 is 0 Å². The van der Waals surface area contributed by atoms with Gasteiger partial charge in [0, 0.05) is 6.20 Å². The van der Waals surface area contributed by atoms with Gasteiger partial charge in [-0.05, 0) is 24.3 Å². The molecule has 0 atom stereocenters. The first-order chi connectivity index (χ1) is 8.84. The highest BCUT2D eigenvalue weighted by Crippen LogP contribution is 2.29. The number of anilines is 2. The molecule has 0 unspecified atom stereocenters. The second kappa shape index (κ2) is 4.49.